The summed E-state index contributed by atoms with van der Waals surface area (Å²) in [5.41, 5.74) is 2.63. The lowest BCUT2D eigenvalue weighted by atomic mass is 9.97. The topological polar surface area (TPSA) is 131 Å². The van der Waals surface area contributed by atoms with Crippen molar-refractivity contribution in [1.29, 1.82) is 0 Å². The van der Waals surface area contributed by atoms with E-state index in [-0.39, 0.29) is 0 Å². The Balaban J connectivity index is 0.000000286. The zero-order valence-corrected chi connectivity index (χ0v) is 19.5. The summed E-state index contributed by atoms with van der Waals surface area (Å²) in [4.78, 5) is 28.5. The number of ether oxygens (including phenoxy) is 1. The maximum absolute atomic E-state index is 10.6. The molecule has 2 aromatic rings. The summed E-state index contributed by atoms with van der Waals surface area (Å²) in [5, 5.41) is 18.8. The highest BCUT2D eigenvalue weighted by atomic mass is 19.4. The van der Waals surface area contributed by atoms with Crippen molar-refractivity contribution in [2.75, 3.05) is 24.7 Å². The molecule has 1 aliphatic heterocycles. The number of halogens is 6. The Labute approximate surface area is 206 Å². The summed E-state index contributed by atoms with van der Waals surface area (Å²) in [6.07, 6.45) is -2.10. The maximum atomic E-state index is 10.6. The summed E-state index contributed by atoms with van der Waals surface area (Å²) >= 11 is 0. The number of aliphatic carboxylic acids is 2. The minimum atomic E-state index is -5.08. The van der Waals surface area contributed by atoms with Crippen LogP contribution in [0.2, 0.25) is 0 Å². The van der Waals surface area contributed by atoms with Gasteiger partial charge in [0, 0.05) is 43.9 Å². The van der Waals surface area contributed by atoms with Gasteiger partial charge in [0.25, 0.3) is 0 Å². The van der Waals surface area contributed by atoms with Crippen LogP contribution >= 0.6 is 0 Å². The Morgan fingerprint density at radius 3 is 2.14 bits per heavy atom. The number of carboxylic acids is 2. The number of carboxylic acid groups (broad SMARTS) is 2. The number of fused-ring (bicyclic) bond motifs is 1. The van der Waals surface area contributed by atoms with Gasteiger partial charge in [-0.05, 0) is 31.7 Å². The second kappa shape index (κ2) is 12.7. The van der Waals surface area contributed by atoms with Crippen molar-refractivity contribution in [3.63, 3.8) is 0 Å². The summed E-state index contributed by atoms with van der Waals surface area (Å²) in [6.45, 7) is 6.48. The van der Waals surface area contributed by atoms with E-state index in [1.165, 1.54) is 24.1 Å². The number of nitrogens with zero attached hydrogens (tertiary/aromatic N) is 5. The molecule has 2 N–H and O–H groups in total. The third kappa shape index (κ3) is 9.51. The van der Waals surface area contributed by atoms with Crippen LogP contribution in [-0.2, 0) is 27.4 Å². The first-order valence-corrected chi connectivity index (χ1v) is 11.0. The molecule has 2 aromatic heterocycles. The third-order valence-corrected chi connectivity index (χ3v) is 5.19. The molecule has 0 radical (unpaired) electrons. The van der Waals surface area contributed by atoms with Gasteiger partial charge in [0.2, 0.25) is 0 Å². The van der Waals surface area contributed by atoms with Crippen LogP contribution < -0.4 is 4.90 Å². The van der Waals surface area contributed by atoms with Crippen molar-refractivity contribution in [2.45, 2.75) is 51.1 Å². The molecule has 0 saturated heterocycles. The van der Waals surface area contributed by atoms with Crippen LogP contribution in [-0.4, -0.2) is 74.0 Å². The zero-order chi connectivity index (χ0) is 27.8. The number of anilines is 1. The Morgan fingerprint density at radius 2 is 1.68 bits per heavy atom. The van der Waals surface area contributed by atoms with E-state index >= 15 is 0 Å². The monoisotopic (exact) mass is 541 g/mol. The summed E-state index contributed by atoms with van der Waals surface area (Å²) in [7, 11) is 0. The first kappa shape index (κ1) is 29.8. The van der Waals surface area contributed by atoms with Gasteiger partial charge in [0.05, 0.1) is 18.5 Å². The molecule has 206 valence electrons. The Morgan fingerprint density at radius 1 is 1.08 bits per heavy atom. The first-order chi connectivity index (χ1) is 17.2. The van der Waals surface area contributed by atoms with Crippen LogP contribution in [0, 0.1) is 5.92 Å². The molecule has 3 heterocycles. The van der Waals surface area contributed by atoms with Gasteiger partial charge >= 0.3 is 24.3 Å². The maximum Gasteiger partial charge on any atom is 0.490 e. The van der Waals surface area contributed by atoms with Gasteiger partial charge in [-0.1, -0.05) is 0 Å². The highest BCUT2D eigenvalue weighted by Crippen LogP contribution is 2.33. The zero-order valence-electron chi connectivity index (χ0n) is 19.5. The highest BCUT2D eigenvalue weighted by Gasteiger charge is 2.39. The van der Waals surface area contributed by atoms with E-state index in [4.69, 9.17) is 24.5 Å². The third-order valence-electron chi connectivity index (χ3n) is 5.19. The molecule has 0 spiro atoms. The van der Waals surface area contributed by atoms with Crippen LogP contribution in [0.25, 0.3) is 0 Å². The molecule has 0 bridgehead atoms. The van der Waals surface area contributed by atoms with Gasteiger partial charge in [-0.3, -0.25) is 4.68 Å². The van der Waals surface area contributed by atoms with Crippen LogP contribution in [0.3, 0.4) is 0 Å². The van der Waals surface area contributed by atoms with Crippen molar-refractivity contribution < 1.29 is 50.9 Å². The van der Waals surface area contributed by atoms with Crippen LogP contribution in [0.15, 0.2) is 24.8 Å². The average Bonchev–Trinajstić information content (AvgIpc) is 3.55. The molecule has 1 unspecified atom stereocenters. The molecule has 0 amide bonds. The van der Waals surface area contributed by atoms with E-state index in [0.717, 1.165) is 44.6 Å². The number of aromatic nitrogens is 4. The number of rotatable bonds is 6. The van der Waals surface area contributed by atoms with Crippen molar-refractivity contribution in [3.05, 3.63) is 36.0 Å². The number of hydrogen-bond acceptors (Lipinski definition) is 7. The van der Waals surface area contributed by atoms with Gasteiger partial charge in [0.1, 0.15) is 12.1 Å². The molecule has 1 fully saturated rings. The fourth-order valence-electron chi connectivity index (χ4n) is 3.34. The molecular formula is C21H25F6N5O5. The van der Waals surface area contributed by atoms with Crippen LogP contribution in [0.5, 0.6) is 0 Å². The number of hydrogen-bond donors (Lipinski definition) is 2. The average molecular weight is 541 g/mol. The first-order valence-electron chi connectivity index (χ1n) is 11.0. The van der Waals surface area contributed by atoms with Crippen molar-refractivity contribution in [3.8, 4) is 0 Å². The molecule has 1 atom stereocenters. The van der Waals surface area contributed by atoms with E-state index in [2.05, 4.69) is 31.6 Å². The Hall–Kier alpha value is -3.43. The number of carbonyl (C=O) groups is 2. The van der Waals surface area contributed by atoms with Gasteiger partial charge in [-0.2, -0.15) is 31.4 Å². The normalized spacial score (nSPS) is 17.1. The predicted molar refractivity (Wildman–Crippen MR) is 115 cm³/mol. The largest absolute Gasteiger partial charge is 0.490 e. The molecule has 4 rings (SSSR count). The van der Waals surface area contributed by atoms with Gasteiger partial charge < -0.3 is 19.8 Å². The minimum absolute atomic E-state index is 0.343. The summed E-state index contributed by atoms with van der Waals surface area (Å²) < 4.78 is 71.6. The van der Waals surface area contributed by atoms with Gasteiger partial charge in [-0.25, -0.2) is 19.6 Å². The molecule has 10 nitrogen and oxygen atoms in total. The second-order valence-electron chi connectivity index (χ2n) is 8.10. The SMILES string of the molecule is CCn1ncc2c1C(COCC1CC1)CN(c1ccncn1)C2.O=C(O)C(F)(F)F.O=C(O)C(F)(F)F. The lowest BCUT2D eigenvalue weighted by Crippen LogP contribution is -2.37. The fourth-order valence-corrected chi connectivity index (χ4v) is 3.34. The van der Waals surface area contributed by atoms with Gasteiger partial charge in [0.15, 0.2) is 0 Å². The van der Waals surface area contributed by atoms with Crippen LogP contribution in [0.4, 0.5) is 32.2 Å². The number of alkyl halides is 6. The van der Waals surface area contributed by atoms with E-state index in [9.17, 15) is 26.3 Å². The Bertz CT molecular complexity index is 1000. The minimum Gasteiger partial charge on any atom is -0.475 e. The van der Waals surface area contributed by atoms with E-state index in [0.29, 0.717) is 5.92 Å². The standard InChI is InChI=1S/C17H23N5O.2C2HF3O2/c1-2-22-17-14(7-20-22)8-21(16-5-6-18-12-19-16)9-15(17)11-23-10-13-3-4-13;2*3-2(4,5)1(6)7/h5-7,12-13,15H,2-4,8-11H2,1H3;2*(H,6,7). The summed E-state index contributed by atoms with van der Waals surface area (Å²) in [6, 6.07) is 1.97. The fraction of sp³-hybridized carbons (Fsp3) is 0.571. The second-order valence-corrected chi connectivity index (χ2v) is 8.10. The quantitative estimate of drug-likeness (QED) is 0.528. The Kier molecular flexibility index (Phi) is 10.2. The number of aryl methyl sites for hydroxylation is 1. The molecule has 2 aliphatic rings. The summed E-state index contributed by atoms with van der Waals surface area (Å²) in [5.74, 6) is -3.40. The van der Waals surface area contributed by atoms with Gasteiger partial charge in [-0.15, -0.1) is 0 Å². The lowest BCUT2D eigenvalue weighted by molar-refractivity contribution is -0.193. The van der Waals surface area contributed by atoms with E-state index in [1.54, 1.807) is 12.5 Å². The molecule has 16 heteroatoms. The molecule has 1 saturated carbocycles. The lowest BCUT2D eigenvalue weighted by Gasteiger charge is -2.34. The molecule has 0 aromatic carbocycles. The van der Waals surface area contributed by atoms with Crippen molar-refractivity contribution in [2.24, 2.45) is 5.92 Å². The van der Waals surface area contributed by atoms with Crippen molar-refractivity contribution in [1.82, 2.24) is 19.7 Å². The molecular weight excluding hydrogens is 516 g/mol. The predicted octanol–water partition coefficient (Wildman–Crippen LogP) is 3.49. The van der Waals surface area contributed by atoms with E-state index < -0.39 is 24.3 Å². The molecule has 37 heavy (non-hydrogen) atoms. The van der Waals surface area contributed by atoms with Crippen molar-refractivity contribution >= 4 is 17.8 Å². The smallest absolute Gasteiger partial charge is 0.475 e. The highest BCUT2D eigenvalue weighted by molar-refractivity contribution is 5.73. The van der Waals surface area contributed by atoms with E-state index in [1.807, 2.05) is 12.3 Å². The van der Waals surface area contributed by atoms with Crippen LogP contribution in [0.1, 0.15) is 36.9 Å². The molecule has 1 aliphatic carbocycles.